The summed E-state index contributed by atoms with van der Waals surface area (Å²) in [6.07, 6.45) is 1.83. The zero-order valence-corrected chi connectivity index (χ0v) is 17.3. The highest BCUT2D eigenvalue weighted by molar-refractivity contribution is 6.33. The topological polar surface area (TPSA) is 46.3 Å². The summed E-state index contributed by atoms with van der Waals surface area (Å²) in [7, 11) is 3.24. The van der Waals surface area contributed by atoms with Crippen molar-refractivity contribution >= 4 is 34.9 Å². The Morgan fingerprint density at radius 1 is 1.15 bits per heavy atom. The average molecular weight is 407 g/mol. The monoisotopic (exact) mass is 406 g/mol. The van der Waals surface area contributed by atoms with Crippen LogP contribution in [0.3, 0.4) is 0 Å². The van der Waals surface area contributed by atoms with E-state index in [2.05, 4.69) is 35.4 Å². The van der Waals surface area contributed by atoms with Crippen molar-refractivity contribution in [3.05, 3.63) is 57.7 Å². The molecule has 0 spiro atoms. The van der Waals surface area contributed by atoms with E-state index in [1.165, 1.54) is 27.7 Å². The number of halogens is 2. The van der Waals surface area contributed by atoms with Crippen LogP contribution in [-0.4, -0.2) is 25.7 Å². The van der Waals surface area contributed by atoms with Crippen LogP contribution in [0.1, 0.15) is 28.4 Å². The van der Waals surface area contributed by atoms with E-state index in [0.29, 0.717) is 16.5 Å². The van der Waals surface area contributed by atoms with Gasteiger partial charge >= 0.3 is 0 Å². The first kappa shape index (κ1) is 19.9. The molecule has 144 valence electrons. The lowest BCUT2D eigenvalue weighted by Gasteiger charge is -2.25. The molecule has 4 rings (SSSR count). The maximum absolute atomic E-state index is 6.60. The van der Waals surface area contributed by atoms with Gasteiger partial charge in [-0.1, -0.05) is 29.3 Å². The number of methoxy groups -OCH3 is 2. The summed E-state index contributed by atoms with van der Waals surface area (Å²) in [6.45, 7) is 3.10. The number of fused-ring (bicyclic) bond motifs is 3. The second kappa shape index (κ2) is 8.01. The van der Waals surface area contributed by atoms with Crippen LogP contribution in [0.4, 0.5) is 0 Å². The minimum atomic E-state index is 0. The van der Waals surface area contributed by atoms with E-state index in [1.807, 2.05) is 12.1 Å². The normalized spacial score (nSPS) is 15.9. The van der Waals surface area contributed by atoms with Crippen LogP contribution in [0.2, 0.25) is 5.02 Å². The van der Waals surface area contributed by atoms with E-state index in [1.54, 1.807) is 14.2 Å². The molecule has 1 aliphatic heterocycles. The smallest absolute Gasteiger partial charge is 0.179 e. The van der Waals surface area contributed by atoms with Crippen molar-refractivity contribution in [3.63, 3.8) is 0 Å². The molecule has 0 amide bonds. The first-order chi connectivity index (χ1) is 12.6. The van der Waals surface area contributed by atoms with Gasteiger partial charge in [0.05, 0.1) is 25.3 Å². The molecule has 3 aromatic rings. The van der Waals surface area contributed by atoms with Crippen molar-refractivity contribution in [3.8, 4) is 11.5 Å². The Morgan fingerprint density at radius 2 is 1.96 bits per heavy atom. The highest BCUT2D eigenvalue weighted by atomic mass is 35.5. The number of rotatable bonds is 4. The Balaban J connectivity index is 0.00000210. The molecule has 0 fully saturated rings. The van der Waals surface area contributed by atoms with Crippen molar-refractivity contribution in [1.29, 1.82) is 0 Å². The summed E-state index contributed by atoms with van der Waals surface area (Å²) in [4.78, 5) is 3.62. The molecule has 0 aliphatic carbocycles. The number of benzene rings is 2. The molecule has 4 nitrogen and oxygen atoms in total. The highest BCUT2D eigenvalue weighted by Crippen LogP contribution is 2.40. The summed E-state index contributed by atoms with van der Waals surface area (Å²) >= 11 is 6.60. The average Bonchev–Trinajstić information content (AvgIpc) is 3.02. The summed E-state index contributed by atoms with van der Waals surface area (Å²) in [5.74, 6) is 1.25. The molecule has 0 saturated carbocycles. The van der Waals surface area contributed by atoms with Crippen LogP contribution in [0.25, 0.3) is 10.9 Å². The lowest BCUT2D eigenvalue weighted by molar-refractivity contribution is 0.354. The summed E-state index contributed by atoms with van der Waals surface area (Å²) in [6, 6.07) is 10.7. The van der Waals surface area contributed by atoms with Crippen LogP contribution in [0.15, 0.2) is 30.3 Å². The van der Waals surface area contributed by atoms with Gasteiger partial charge in [-0.15, -0.1) is 12.4 Å². The van der Waals surface area contributed by atoms with Crippen LogP contribution in [0, 0.1) is 6.92 Å². The molecule has 0 bridgehead atoms. The maximum atomic E-state index is 6.60. The number of aryl methyl sites for hydroxylation is 1. The zero-order valence-electron chi connectivity index (χ0n) is 15.7. The standard InChI is InChI=1S/C21H23ClN2O2.ClH/c1-12-4-6-16-15(10-12)14-8-9-23-17(20(14)24-16)11-13-5-7-18(25-2)21(26-3)19(13)22;/h4-7,10,17,23-24H,8-9,11H2,1-3H3;1H/t17-;/m1./s1. The number of aromatic amines is 1. The van der Waals surface area contributed by atoms with Gasteiger partial charge < -0.3 is 19.8 Å². The molecule has 2 heterocycles. The van der Waals surface area contributed by atoms with Gasteiger partial charge in [-0.05, 0) is 55.6 Å². The fourth-order valence-electron chi connectivity index (χ4n) is 3.90. The molecule has 1 aromatic heterocycles. The molecule has 0 saturated heterocycles. The minimum absolute atomic E-state index is 0. The number of nitrogens with one attached hydrogen (secondary N) is 2. The molecule has 0 radical (unpaired) electrons. The number of ether oxygens (including phenoxy) is 2. The number of hydrogen-bond acceptors (Lipinski definition) is 3. The Bertz CT molecular complexity index is 968. The molecule has 6 heteroatoms. The number of H-pyrrole nitrogens is 1. The van der Waals surface area contributed by atoms with Gasteiger partial charge in [-0.2, -0.15) is 0 Å². The van der Waals surface area contributed by atoms with E-state index in [9.17, 15) is 0 Å². The van der Waals surface area contributed by atoms with Gasteiger partial charge in [0, 0.05) is 16.6 Å². The van der Waals surface area contributed by atoms with Gasteiger partial charge in [-0.3, -0.25) is 0 Å². The zero-order chi connectivity index (χ0) is 18.3. The second-order valence-electron chi connectivity index (χ2n) is 6.80. The van der Waals surface area contributed by atoms with Gasteiger partial charge in [0.1, 0.15) is 0 Å². The first-order valence-corrected chi connectivity index (χ1v) is 9.24. The minimum Gasteiger partial charge on any atom is -0.493 e. The molecule has 0 unspecified atom stereocenters. The fraction of sp³-hybridized carbons (Fsp3) is 0.333. The SMILES string of the molecule is COc1ccc(C[C@H]2NCCc3c2[nH]c2ccc(C)cc32)c(Cl)c1OC.Cl. The molecule has 2 N–H and O–H groups in total. The van der Waals surface area contributed by atoms with E-state index in [4.69, 9.17) is 21.1 Å². The third kappa shape index (κ3) is 3.49. The lowest BCUT2D eigenvalue weighted by Crippen LogP contribution is -2.31. The molecule has 1 atom stereocenters. The first-order valence-electron chi connectivity index (χ1n) is 8.86. The number of aromatic nitrogens is 1. The van der Waals surface area contributed by atoms with E-state index < -0.39 is 0 Å². The third-order valence-corrected chi connectivity index (χ3v) is 5.61. The summed E-state index contributed by atoms with van der Waals surface area (Å²) in [5.41, 5.74) is 6.22. The lowest BCUT2D eigenvalue weighted by atomic mass is 9.94. The van der Waals surface area contributed by atoms with Crippen molar-refractivity contribution in [2.24, 2.45) is 0 Å². The predicted octanol–water partition coefficient (Wildman–Crippen LogP) is 5.00. The quantitative estimate of drug-likeness (QED) is 0.640. The van der Waals surface area contributed by atoms with Gasteiger partial charge in [0.2, 0.25) is 0 Å². The maximum Gasteiger partial charge on any atom is 0.179 e. The Labute approximate surface area is 170 Å². The van der Waals surface area contributed by atoms with Crippen LogP contribution >= 0.6 is 24.0 Å². The van der Waals surface area contributed by atoms with E-state index in [0.717, 1.165) is 24.9 Å². The largest absolute Gasteiger partial charge is 0.493 e. The Morgan fingerprint density at radius 3 is 2.70 bits per heavy atom. The third-order valence-electron chi connectivity index (χ3n) is 5.20. The molecule has 1 aliphatic rings. The van der Waals surface area contributed by atoms with Gasteiger partial charge in [-0.25, -0.2) is 0 Å². The Kier molecular flexibility index (Phi) is 5.89. The molecule has 2 aromatic carbocycles. The van der Waals surface area contributed by atoms with Crippen molar-refractivity contribution in [2.75, 3.05) is 20.8 Å². The molecule has 27 heavy (non-hydrogen) atoms. The summed E-state index contributed by atoms with van der Waals surface area (Å²) in [5, 5.41) is 5.59. The Hall–Kier alpha value is -1.88. The van der Waals surface area contributed by atoms with Gasteiger partial charge in [0.15, 0.2) is 11.5 Å². The van der Waals surface area contributed by atoms with Crippen molar-refractivity contribution < 1.29 is 9.47 Å². The van der Waals surface area contributed by atoms with Crippen molar-refractivity contribution in [2.45, 2.75) is 25.8 Å². The van der Waals surface area contributed by atoms with Crippen LogP contribution < -0.4 is 14.8 Å². The van der Waals surface area contributed by atoms with Crippen molar-refractivity contribution in [1.82, 2.24) is 10.3 Å². The summed E-state index contributed by atoms with van der Waals surface area (Å²) < 4.78 is 10.8. The van der Waals surface area contributed by atoms with Crippen LogP contribution in [-0.2, 0) is 12.8 Å². The van der Waals surface area contributed by atoms with Crippen LogP contribution in [0.5, 0.6) is 11.5 Å². The van der Waals surface area contributed by atoms with E-state index >= 15 is 0 Å². The molecular formula is C21H24Cl2N2O2. The predicted molar refractivity (Wildman–Crippen MR) is 113 cm³/mol. The van der Waals surface area contributed by atoms with Gasteiger partial charge in [0.25, 0.3) is 0 Å². The second-order valence-corrected chi connectivity index (χ2v) is 7.18. The van der Waals surface area contributed by atoms with E-state index in [-0.39, 0.29) is 18.4 Å². The molecular weight excluding hydrogens is 383 g/mol. The highest BCUT2D eigenvalue weighted by Gasteiger charge is 2.25. The fourth-order valence-corrected chi connectivity index (χ4v) is 4.21. The number of hydrogen-bond donors (Lipinski definition) is 2.